The molecule has 3 nitrogen and oxygen atoms in total. The topological polar surface area (TPSA) is 49.7 Å². The third-order valence-corrected chi connectivity index (χ3v) is 2.48. The van der Waals surface area contributed by atoms with Gasteiger partial charge in [-0.25, -0.2) is 0 Å². The average Bonchev–Trinajstić information content (AvgIpc) is 2.33. The Morgan fingerprint density at radius 1 is 1.54 bits per heavy atom. The van der Waals surface area contributed by atoms with Crippen LogP contribution in [0.3, 0.4) is 0 Å². The van der Waals surface area contributed by atoms with Crippen LogP contribution in [0.2, 0.25) is 0 Å². The molecule has 0 radical (unpaired) electrons. The number of carboxylic acids is 1. The van der Waals surface area contributed by atoms with Crippen molar-refractivity contribution in [3.63, 3.8) is 0 Å². The first kappa shape index (κ1) is 9.96. The van der Waals surface area contributed by atoms with Crippen molar-refractivity contribution in [1.29, 1.82) is 0 Å². The van der Waals surface area contributed by atoms with Crippen molar-refractivity contribution in [3.8, 4) is 0 Å². The number of rotatable bonds is 2. The fraction of sp³-hybridized carbons (Fsp3) is 0.600. The van der Waals surface area contributed by atoms with Crippen LogP contribution < -0.4 is 0 Å². The van der Waals surface area contributed by atoms with Crippen molar-refractivity contribution in [2.45, 2.75) is 32.7 Å². The molecule has 1 aliphatic heterocycles. The van der Waals surface area contributed by atoms with Crippen LogP contribution in [-0.2, 0) is 4.79 Å². The molecule has 1 rings (SSSR count). The monoisotopic (exact) mass is 181 g/mol. The molecule has 0 saturated heterocycles. The first-order chi connectivity index (χ1) is 5.87. The van der Waals surface area contributed by atoms with Crippen molar-refractivity contribution in [2.24, 2.45) is 10.4 Å². The highest BCUT2D eigenvalue weighted by Gasteiger charge is 2.42. The predicted molar refractivity (Wildman–Crippen MR) is 52.1 cm³/mol. The number of carbonyl (C=O) groups is 1. The first-order valence-electron chi connectivity index (χ1n) is 4.32. The molecule has 72 valence electrons. The molecule has 13 heavy (non-hydrogen) atoms. The number of hydrogen-bond acceptors (Lipinski definition) is 2. The van der Waals surface area contributed by atoms with E-state index in [1.807, 2.05) is 32.9 Å². The van der Waals surface area contributed by atoms with Crippen molar-refractivity contribution in [3.05, 3.63) is 12.2 Å². The number of hydrogen-bond donors (Lipinski definition) is 1. The zero-order chi connectivity index (χ0) is 10.1. The normalized spacial score (nSPS) is 26.7. The Labute approximate surface area is 78.2 Å². The highest BCUT2D eigenvalue weighted by molar-refractivity contribution is 5.78. The molecule has 0 bridgehead atoms. The Hall–Kier alpha value is -1.12. The molecular weight excluding hydrogens is 166 g/mol. The van der Waals surface area contributed by atoms with Gasteiger partial charge in [0.15, 0.2) is 0 Å². The number of aliphatic imine (C=N–C) groups is 1. The molecule has 1 N–H and O–H groups in total. The smallest absolute Gasteiger partial charge is 0.306 e. The number of carboxylic acid groups (broad SMARTS) is 1. The zero-order valence-electron chi connectivity index (χ0n) is 8.24. The van der Waals surface area contributed by atoms with Crippen molar-refractivity contribution >= 4 is 12.2 Å². The summed E-state index contributed by atoms with van der Waals surface area (Å²) in [5, 5.41) is 8.79. The molecule has 0 aromatic carbocycles. The van der Waals surface area contributed by atoms with Crippen LogP contribution >= 0.6 is 0 Å². The first-order valence-corrected chi connectivity index (χ1v) is 4.32. The second kappa shape index (κ2) is 2.98. The molecule has 0 aliphatic carbocycles. The van der Waals surface area contributed by atoms with Gasteiger partial charge in [0.2, 0.25) is 0 Å². The van der Waals surface area contributed by atoms with Gasteiger partial charge in [-0.15, -0.1) is 0 Å². The van der Waals surface area contributed by atoms with Gasteiger partial charge in [0.1, 0.15) is 0 Å². The molecule has 1 atom stereocenters. The van der Waals surface area contributed by atoms with Crippen LogP contribution in [0.25, 0.3) is 0 Å². The van der Waals surface area contributed by atoms with Crippen molar-refractivity contribution in [2.75, 3.05) is 0 Å². The fourth-order valence-electron chi connectivity index (χ4n) is 1.47. The lowest BCUT2D eigenvalue weighted by molar-refractivity contribution is -0.138. The summed E-state index contributed by atoms with van der Waals surface area (Å²) >= 11 is 0. The summed E-state index contributed by atoms with van der Waals surface area (Å²) in [4.78, 5) is 15.0. The SMILES string of the molecule is CC(C)(C)C1(CC(=O)O)C=CC=N1. The predicted octanol–water partition coefficient (Wildman–Crippen LogP) is 1.89. The van der Waals surface area contributed by atoms with Gasteiger partial charge < -0.3 is 5.11 Å². The highest BCUT2D eigenvalue weighted by Crippen LogP contribution is 2.39. The quantitative estimate of drug-likeness (QED) is 0.707. The zero-order valence-corrected chi connectivity index (χ0v) is 8.24. The van der Waals surface area contributed by atoms with Crippen LogP contribution in [0.4, 0.5) is 0 Å². The number of allylic oxidation sites excluding steroid dienone is 1. The summed E-state index contributed by atoms with van der Waals surface area (Å²) in [7, 11) is 0. The Bertz CT molecular complexity index is 259. The maximum absolute atomic E-state index is 10.7. The summed E-state index contributed by atoms with van der Waals surface area (Å²) < 4.78 is 0. The van der Waals surface area contributed by atoms with Crippen LogP contribution in [0.1, 0.15) is 27.2 Å². The van der Waals surface area contributed by atoms with Gasteiger partial charge in [-0.3, -0.25) is 9.79 Å². The van der Waals surface area contributed by atoms with E-state index in [9.17, 15) is 4.79 Å². The molecule has 0 aromatic rings. The van der Waals surface area contributed by atoms with E-state index in [1.54, 1.807) is 6.21 Å². The van der Waals surface area contributed by atoms with Gasteiger partial charge in [-0.05, 0) is 11.5 Å². The molecule has 0 spiro atoms. The van der Waals surface area contributed by atoms with Crippen molar-refractivity contribution in [1.82, 2.24) is 0 Å². The molecule has 1 unspecified atom stereocenters. The minimum Gasteiger partial charge on any atom is -0.481 e. The largest absolute Gasteiger partial charge is 0.481 e. The van der Waals surface area contributed by atoms with Gasteiger partial charge >= 0.3 is 5.97 Å². The average molecular weight is 181 g/mol. The molecule has 0 amide bonds. The molecule has 0 aromatic heterocycles. The number of aliphatic carboxylic acids is 1. The van der Waals surface area contributed by atoms with E-state index in [0.717, 1.165) is 0 Å². The lowest BCUT2D eigenvalue weighted by Crippen LogP contribution is -2.40. The van der Waals surface area contributed by atoms with Crippen LogP contribution in [0.5, 0.6) is 0 Å². The van der Waals surface area contributed by atoms with E-state index in [-0.39, 0.29) is 11.8 Å². The molecule has 3 heteroatoms. The number of nitrogens with zero attached hydrogens (tertiary/aromatic N) is 1. The molecular formula is C10H15NO2. The van der Waals surface area contributed by atoms with E-state index < -0.39 is 11.5 Å². The van der Waals surface area contributed by atoms with E-state index in [4.69, 9.17) is 5.11 Å². The summed E-state index contributed by atoms with van der Waals surface area (Å²) in [6.45, 7) is 6.01. The maximum atomic E-state index is 10.7. The van der Waals surface area contributed by atoms with Crippen molar-refractivity contribution < 1.29 is 9.90 Å². The summed E-state index contributed by atoms with van der Waals surface area (Å²) in [5.74, 6) is -0.807. The van der Waals surface area contributed by atoms with E-state index in [0.29, 0.717) is 0 Å². The second-order valence-electron chi connectivity index (χ2n) is 4.38. The molecule has 1 aliphatic rings. The Morgan fingerprint density at radius 3 is 2.46 bits per heavy atom. The van der Waals surface area contributed by atoms with Gasteiger partial charge in [-0.2, -0.15) is 0 Å². The highest BCUT2D eigenvalue weighted by atomic mass is 16.4. The van der Waals surface area contributed by atoms with E-state index >= 15 is 0 Å². The molecule has 0 saturated carbocycles. The maximum Gasteiger partial charge on any atom is 0.306 e. The lowest BCUT2D eigenvalue weighted by atomic mass is 9.72. The third-order valence-electron chi connectivity index (χ3n) is 2.48. The Balaban J connectivity index is 2.96. The summed E-state index contributed by atoms with van der Waals surface area (Å²) in [5.41, 5.74) is -0.715. The standard InChI is InChI=1S/C10H15NO2/c1-9(2,3)10(7-8(12)13)5-4-6-11-10/h4-6H,7H2,1-3H3,(H,12,13). The van der Waals surface area contributed by atoms with Crippen LogP contribution in [-0.4, -0.2) is 22.8 Å². The van der Waals surface area contributed by atoms with Gasteiger partial charge in [0, 0.05) is 6.21 Å². The van der Waals surface area contributed by atoms with Gasteiger partial charge in [0.25, 0.3) is 0 Å². The minimum absolute atomic E-state index is 0.0590. The molecule has 1 heterocycles. The lowest BCUT2D eigenvalue weighted by Gasteiger charge is -2.36. The van der Waals surface area contributed by atoms with Gasteiger partial charge in [0.05, 0.1) is 12.0 Å². The van der Waals surface area contributed by atoms with Gasteiger partial charge in [-0.1, -0.05) is 26.8 Å². The van der Waals surface area contributed by atoms with E-state index in [1.165, 1.54) is 0 Å². The second-order valence-corrected chi connectivity index (χ2v) is 4.38. The Morgan fingerprint density at radius 2 is 2.15 bits per heavy atom. The van der Waals surface area contributed by atoms with E-state index in [2.05, 4.69) is 4.99 Å². The minimum atomic E-state index is -0.807. The fourth-order valence-corrected chi connectivity index (χ4v) is 1.47. The van der Waals surface area contributed by atoms with Crippen LogP contribution in [0.15, 0.2) is 17.1 Å². The third kappa shape index (κ3) is 1.79. The summed E-state index contributed by atoms with van der Waals surface area (Å²) in [6, 6.07) is 0. The summed E-state index contributed by atoms with van der Waals surface area (Å²) in [6.07, 6.45) is 5.42. The van der Waals surface area contributed by atoms with Crippen LogP contribution in [0, 0.1) is 5.41 Å². The Kier molecular flexibility index (Phi) is 2.28. The molecule has 0 fully saturated rings.